The first kappa shape index (κ1) is 13.9. The van der Waals surface area contributed by atoms with Gasteiger partial charge in [-0.25, -0.2) is 8.78 Å². The predicted octanol–water partition coefficient (Wildman–Crippen LogP) is 2.31. The fourth-order valence-electron chi connectivity index (χ4n) is 2.57. The lowest BCUT2D eigenvalue weighted by Crippen LogP contribution is -2.36. The standard InChI is InChI=1S/C14H18F2N2O/c15-10-5-6-13(16)12(9-10)14(19)18-8-2-4-11(18)3-1-7-17/h5-6,9,11H,1-4,7-8,17H2. The maximum atomic E-state index is 13.6. The SMILES string of the molecule is NCCCC1CCCN1C(=O)c1cc(F)ccc1F. The zero-order valence-corrected chi connectivity index (χ0v) is 10.7. The summed E-state index contributed by atoms with van der Waals surface area (Å²) in [6.07, 6.45) is 3.46. The van der Waals surface area contributed by atoms with Crippen LogP contribution in [0.25, 0.3) is 0 Å². The Kier molecular flexibility index (Phi) is 4.47. The second-order valence-electron chi connectivity index (χ2n) is 4.85. The average Bonchev–Trinajstić information content (AvgIpc) is 2.86. The predicted molar refractivity (Wildman–Crippen MR) is 68.7 cm³/mol. The molecule has 3 nitrogen and oxygen atoms in total. The van der Waals surface area contributed by atoms with Gasteiger partial charge in [-0.15, -0.1) is 0 Å². The largest absolute Gasteiger partial charge is 0.336 e. The van der Waals surface area contributed by atoms with Gasteiger partial charge in [-0.05, 0) is 50.4 Å². The molecule has 1 aliphatic rings. The van der Waals surface area contributed by atoms with Crippen LogP contribution in [-0.4, -0.2) is 29.9 Å². The number of hydrogen-bond donors (Lipinski definition) is 1. The van der Waals surface area contributed by atoms with Gasteiger partial charge in [0.15, 0.2) is 0 Å². The van der Waals surface area contributed by atoms with Crippen molar-refractivity contribution in [2.45, 2.75) is 31.7 Å². The van der Waals surface area contributed by atoms with Gasteiger partial charge in [0.05, 0.1) is 5.56 Å². The van der Waals surface area contributed by atoms with Crippen molar-refractivity contribution in [1.82, 2.24) is 4.90 Å². The molecular weight excluding hydrogens is 250 g/mol. The number of halogens is 2. The average molecular weight is 268 g/mol. The molecule has 1 aromatic carbocycles. The Morgan fingerprint density at radius 3 is 2.95 bits per heavy atom. The van der Waals surface area contributed by atoms with Gasteiger partial charge in [0.25, 0.3) is 5.91 Å². The van der Waals surface area contributed by atoms with Crippen LogP contribution < -0.4 is 5.73 Å². The maximum Gasteiger partial charge on any atom is 0.257 e. The summed E-state index contributed by atoms with van der Waals surface area (Å²) in [4.78, 5) is 13.9. The second kappa shape index (κ2) is 6.10. The highest BCUT2D eigenvalue weighted by atomic mass is 19.1. The number of hydrogen-bond acceptors (Lipinski definition) is 2. The first-order valence-corrected chi connectivity index (χ1v) is 6.59. The smallest absolute Gasteiger partial charge is 0.257 e. The van der Waals surface area contributed by atoms with Crippen LogP contribution in [0.4, 0.5) is 8.78 Å². The summed E-state index contributed by atoms with van der Waals surface area (Å²) in [6, 6.07) is 3.07. The van der Waals surface area contributed by atoms with E-state index in [1.807, 2.05) is 0 Å². The van der Waals surface area contributed by atoms with Gasteiger partial charge in [0, 0.05) is 12.6 Å². The number of rotatable bonds is 4. The fraction of sp³-hybridized carbons (Fsp3) is 0.500. The zero-order chi connectivity index (χ0) is 13.8. The lowest BCUT2D eigenvalue weighted by atomic mass is 10.1. The molecule has 0 aliphatic carbocycles. The molecule has 1 amide bonds. The van der Waals surface area contributed by atoms with Crippen LogP contribution in [0, 0.1) is 11.6 Å². The first-order valence-electron chi connectivity index (χ1n) is 6.59. The highest BCUT2D eigenvalue weighted by molar-refractivity contribution is 5.94. The number of nitrogens with two attached hydrogens (primary N) is 1. The minimum atomic E-state index is -0.670. The van der Waals surface area contributed by atoms with E-state index in [2.05, 4.69) is 0 Å². The van der Waals surface area contributed by atoms with Crippen LogP contribution >= 0.6 is 0 Å². The third kappa shape index (κ3) is 3.10. The lowest BCUT2D eigenvalue weighted by molar-refractivity contribution is 0.0724. The van der Waals surface area contributed by atoms with Gasteiger partial charge < -0.3 is 10.6 Å². The van der Waals surface area contributed by atoms with E-state index in [1.165, 1.54) is 0 Å². The van der Waals surface area contributed by atoms with E-state index in [9.17, 15) is 13.6 Å². The third-order valence-electron chi connectivity index (χ3n) is 3.54. The highest BCUT2D eigenvalue weighted by Gasteiger charge is 2.30. The summed E-state index contributed by atoms with van der Waals surface area (Å²) in [7, 11) is 0. The molecule has 0 bridgehead atoms. The van der Waals surface area contributed by atoms with Gasteiger partial charge in [-0.1, -0.05) is 0 Å². The molecule has 0 radical (unpaired) electrons. The topological polar surface area (TPSA) is 46.3 Å². The van der Waals surface area contributed by atoms with Gasteiger partial charge in [-0.3, -0.25) is 4.79 Å². The van der Waals surface area contributed by atoms with Gasteiger partial charge in [-0.2, -0.15) is 0 Å². The van der Waals surface area contributed by atoms with E-state index in [4.69, 9.17) is 5.73 Å². The van der Waals surface area contributed by atoms with Gasteiger partial charge in [0.1, 0.15) is 11.6 Å². The van der Waals surface area contributed by atoms with E-state index in [-0.39, 0.29) is 11.6 Å². The maximum absolute atomic E-state index is 13.6. The Hall–Kier alpha value is -1.49. The molecule has 0 spiro atoms. The third-order valence-corrected chi connectivity index (χ3v) is 3.54. The van der Waals surface area contributed by atoms with Crippen molar-refractivity contribution in [3.63, 3.8) is 0 Å². The van der Waals surface area contributed by atoms with Crippen LogP contribution in [0.15, 0.2) is 18.2 Å². The molecule has 2 rings (SSSR count). The van der Waals surface area contributed by atoms with Crippen LogP contribution in [0.5, 0.6) is 0 Å². The number of carbonyl (C=O) groups excluding carboxylic acids is 1. The summed E-state index contributed by atoms with van der Waals surface area (Å²) < 4.78 is 26.8. The second-order valence-corrected chi connectivity index (χ2v) is 4.85. The summed E-state index contributed by atoms with van der Waals surface area (Å²) in [6.45, 7) is 1.18. The molecule has 5 heteroatoms. The van der Waals surface area contributed by atoms with Crippen molar-refractivity contribution in [1.29, 1.82) is 0 Å². The van der Waals surface area contributed by atoms with Crippen molar-refractivity contribution < 1.29 is 13.6 Å². The molecule has 1 atom stereocenters. The number of carbonyl (C=O) groups is 1. The quantitative estimate of drug-likeness (QED) is 0.910. The first-order chi connectivity index (χ1) is 9.13. The van der Waals surface area contributed by atoms with E-state index in [0.29, 0.717) is 13.1 Å². The Morgan fingerprint density at radius 1 is 1.42 bits per heavy atom. The Bertz CT molecular complexity index is 465. The number of benzene rings is 1. The van der Waals surface area contributed by atoms with E-state index in [0.717, 1.165) is 43.9 Å². The van der Waals surface area contributed by atoms with Crippen molar-refractivity contribution in [2.24, 2.45) is 5.73 Å². The molecule has 104 valence electrons. The van der Waals surface area contributed by atoms with Gasteiger partial charge >= 0.3 is 0 Å². The monoisotopic (exact) mass is 268 g/mol. The van der Waals surface area contributed by atoms with Gasteiger partial charge in [0.2, 0.25) is 0 Å². The fourth-order valence-corrected chi connectivity index (χ4v) is 2.57. The summed E-state index contributed by atoms with van der Waals surface area (Å²) in [5.74, 6) is -1.69. The molecule has 1 fully saturated rings. The molecular formula is C14H18F2N2O. The normalized spacial score (nSPS) is 18.9. The molecule has 1 unspecified atom stereocenters. The van der Waals surface area contributed by atoms with Crippen molar-refractivity contribution in [2.75, 3.05) is 13.1 Å². The number of amides is 1. The van der Waals surface area contributed by atoms with Crippen LogP contribution in [0.3, 0.4) is 0 Å². The van der Waals surface area contributed by atoms with E-state index in [1.54, 1.807) is 4.90 Å². The summed E-state index contributed by atoms with van der Waals surface area (Å²) in [5, 5.41) is 0. The van der Waals surface area contributed by atoms with Crippen LogP contribution in [0.2, 0.25) is 0 Å². The molecule has 0 aromatic heterocycles. The Morgan fingerprint density at radius 2 is 2.21 bits per heavy atom. The van der Waals surface area contributed by atoms with Crippen molar-refractivity contribution in [3.05, 3.63) is 35.4 Å². The minimum absolute atomic E-state index is 0.0960. The minimum Gasteiger partial charge on any atom is -0.336 e. The Labute approximate surface area is 111 Å². The molecule has 1 aliphatic heterocycles. The van der Waals surface area contributed by atoms with Crippen molar-refractivity contribution >= 4 is 5.91 Å². The molecule has 19 heavy (non-hydrogen) atoms. The number of nitrogens with zero attached hydrogens (tertiary/aromatic N) is 1. The Balaban J connectivity index is 2.16. The lowest BCUT2D eigenvalue weighted by Gasteiger charge is -2.25. The molecule has 2 N–H and O–H groups in total. The molecule has 1 heterocycles. The molecule has 0 saturated carbocycles. The zero-order valence-electron chi connectivity index (χ0n) is 10.7. The van der Waals surface area contributed by atoms with Crippen molar-refractivity contribution in [3.8, 4) is 0 Å². The summed E-state index contributed by atoms with van der Waals surface area (Å²) >= 11 is 0. The molecule has 1 aromatic rings. The van der Waals surface area contributed by atoms with Crippen LogP contribution in [0.1, 0.15) is 36.0 Å². The highest BCUT2D eigenvalue weighted by Crippen LogP contribution is 2.24. The van der Waals surface area contributed by atoms with E-state index < -0.39 is 17.5 Å². The number of likely N-dealkylation sites (tertiary alicyclic amines) is 1. The van der Waals surface area contributed by atoms with E-state index >= 15 is 0 Å². The van der Waals surface area contributed by atoms with Crippen LogP contribution in [-0.2, 0) is 0 Å². The summed E-state index contributed by atoms with van der Waals surface area (Å²) in [5.41, 5.74) is 5.29. The molecule has 1 saturated heterocycles.